The molecule has 0 fully saturated rings. The molecule has 0 bridgehead atoms. The Hall–Kier alpha value is -1.30. The summed E-state index contributed by atoms with van der Waals surface area (Å²) in [4.78, 5) is 30.1. The van der Waals surface area contributed by atoms with E-state index in [1.807, 2.05) is 0 Å². The van der Waals surface area contributed by atoms with Crippen LogP contribution in [0.3, 0.4) is 0 Å². The molecule has 0 amide bonds. The number of hydrogen-bond donors (Lipinski definition) is 6. The molecule has 180 valence electrons. The van der Waals surface area contributed by atoms with Crippen LogP contribution >= 0.6 is 0 Å². The zero-order chi connectivity index (χ0) is 23.9. The van der Waals surface area contributed by atoms with E-state index in [-0.39, 0.29) is 17.4 Å². The second-order valence-corrected chi connectivity index (χ2v) is 6.63. The van der Waals surface area contributed by atoms with Gasteiger partial charge in [-0.3, -0.25) is 0 Å². The van der Waals surface area contributed by atoms with Crippen molar-refractivity contribution >= 4 is 35.3 Å². The number of hydrogen-bond acceptors (Lipinski definition) is 12. The van der Waals surface area contributed by atoms with Gasteiger partial charge in [0.2, 0.25) is 0 Å². The van der Waals surface area contributed by atoms with E-state index in [4.69, 9.17) is 34.4 Å². The first-order chi connectivity index (χ1) is 14.0. The van der Waals surface area contributed by atoms with Gasteiger partial charge < -0.3 is 64.1 Å². The molecule has 0 saturated heterocycles. The van der Waals surface area contributed by atoms with Gasteiger partial charge in [-0.1, -0.05) is 19.3 Å². The quantitative estimate of drug-likeness (QED) is 0.0980. The molecule has 3 unspecified atom stereocenters. The van der Waals surface area contributed by atoms with Crippen LogP contribution in [0, 0.1) is 0 Å². The zero-order valence-corrected chi connectivity index (χ0v) is 19.4. The molecule has 3 atom stereocenters. The summed E-state index contributed by atoms with van der Waals surface area (Å²) in [6, 6.07) is -2.48. The van der Waals surface area contributed by atoms with E-state index in [9.17, 15) is 29.7 Å². The Balaban J connectivity index is -0.000000174. The molecule has 0 aliphatic rings. The average Bonchev–Trinajstić information content (AvgIpc) is 2.69. The Morgan fingerprint density at radius 2 is 0.710 bits per heavy atom. The fourth-order valence-electron chi connectivity index (χ4n) is 1.88. The number of aliphatic carboxylic acids is 3. The Morgan fingerprint density at radius 3 is 0.839 bits per heavy atom. The minimum atomic E-state index is -1.18. The fraction of sp³-hybridized carbons (Fsp3) is 0.833. The topological polar surface area (TPSA) is 277 Å². The van der Waals surface area contributed by atoms with Crippen LogP contribution in [0.15, 0.2) is 0 Å². The van der Waals surface area contributed by atoms with Crippen LogP contribution in [0.4, 0.5) is 0 Å². The zero-order valence-electron chi connectivity index (χ0n) is 18.2. The molecule has 13 heteroatoms. The molecule has 0 aromatic rings. The van der Waals surface area contributed by atoms with Crippen molar-refractivity contribution < 1.29 is 29.7 Å². The van der Waals surface area contributed by atoms with E-state index in [2.05, 4.69) is 0 Å². The van der Waals surface area contributed by atoms with Crippen molar-refractivity contribution in [3.63, 3.8) is 0 Å². The molecule has 12 N–H and O–H groups in total. The second kappa shape index (κ2) is 26.7. The second-order valence-electron chi connectivity index (χ2n) is 6.63. The summed E-state index contributed by atoms with van der Waals surface area (Å²) in [5.41, 5.74) is 31.0. The van der Waals surface area contributed by atoms with Crippen LogP contribution in [0.2, 0.25) is 0 Å². The Morgan fingerprint density at radius 1 is 0.516 bits per heavy atom. The van der Waals surface area contributed by atoms with Gasteiger partial charge in [-0.25, -0.2) is 0 Å². The van der Waals surface area contributed by atoms with Gasteiger partial charge in [0, 0.05) is 18.1 Å². The number of carboxylic acids is 3. The summed E-state index contributed by atoms with van der Waals surface area (Å²) in [7, 11) is 0. The number of carbonyl (C=O) groups excluding carboxylic acids is 3. The molecule has 0 aromatic carbocycles. The van der Waals surface area contributed by atoms with E-state index < -0.39 is 36.0 Å². The van der Waals surface area contributed by atoms with Gasteiger partial charge in [-0.15, -0.1) is 0 Å². The van der Waals surface area contributed by atoms with Gasteiger partial charge >= 0.3 is 17.4 Å². The molecule has 0 spiro atoms. The van der Waals surface area contributed by atoms with Gasteiger partial charge in [-0.05, 0) is 58.2 Å². The summed E-state index contributed by atoms with van der Waals surface area (Å²) in [6.07, 6.45) is 6.10. The van der Waals surface area contributed by atoms with Crippen molar-refractivity contribution in [1.82, 2.24) is 0 Å². The van der Waals surface area contributed by atoms with E-state index >= 15 is 0 Å². The molecule has 0 aromatic heterocycles. The molecule has 12 nitrogen and oxygen atoms in total. The van der Waals surface area contributed by atoms with Gasteiger partial charge in [0.15, 0.2) is 0 Å². The van der Waals surface area contributed by atoms with E-state index in [0.29, 0.717) is 38.9 Å². The largest absolute Gasteiger partial charge is 3.00 e. The summed E-state index contributed by atoms with van der Waals surface area (Å²) >= 11 is 0. The molecule has 0 rings (SSSR count). The van der Waals surface area contributed by atoms with Crippen LogP contribution in [-0.2, 0) is 14.4 Å². The minimum absolute atomic E-state index is 0. The molecular weight excluding hydrogens is 423 g/mol. The number of carboxylic acid groups (broad SMARTS) is 3. The normalized spacial score (nSPS) is 12.6. The Kier molecular flexibility index (Phi) is 31.9. The van der Waals surface area contributed by atoms with Gasteiger partial charge in [0.25, 0.3) is 0 Å². The predicted octanol–water partition coefficient (Wildman–Crippen LogP) is -5.80. The van der Waals surface area contributed by atoms with Crippen LogP contribution < -0.4 is 49.7 Å². The summed E-state index contributed by atoms with van der Waals surface area (Å²) in [5, 5.41) is 30.1. The molecule has 0 aliphatic heterocycles. The molecule has 0 radical (unpaired) electrons. The first-order valence-electron chi connectivity index (χ1n) is 10.0. The van der Waals surface area contributed by atoms with Crippen molar-refractivity contribution in [1.29, 1.82) is 0 Å². The molecule has 0 saturated carbocycles. The van der Waals surface area contributed by atoms with E-state index in [1.54, 1.807) is 0 Å². The summed E-state index contributed by atoms with van der Waals surface area (Å²) in [6.45, 7) is 1.75. The van der Waals surface area contributed by atoms with Crippen molar-refractivity contribution in [2.75, 3.05) is 19.6 Å². The third kappa shape index (κ3) is 31.0. The van der Waals surface area contributed by atoms with Crippen molar-refractivity contribution in [2.45, 2.75) is 75.9 Å². The standard InChI is InChI=1S/3C6H14N2O2.Al/c3*7-4-2-1-3-5(8)6(9)10;/h3*5H,1-4,7-8H2,(H,9,10);/q;;;+3/p-3. The van der Waals surface area contributed by atoms with Gasteiger partial charge in [-0.2, -0.15) is 0 Å². The minimum Gasteiger partial charge on any atom is -0.548 e. The van der Waals surface area contributed by atoms with Crippen LogP contribution in [0.5, 0.6) is 0 Å². The monoisotopic (exact) mass is 462 g/mol. The maximum atomic E-state index is 10.0. The third-order valence-corrected chi connectivity index (χ3v) is 3.82. The smallest absolute Gasteiger partial charge is 0.548 e. The third-order valence-electron chi connectivity index (χ3n) is 3.82. The number of unbranched alkanes of at least 4 members (excludes halogenated alkanes) is 3. The fourth-order valence-corrected chi connectivity index (χ4v) is 1.88. The Bertz CT molecular complexity index is 386. The predicted molar refractivity (Wildman–Crippen MR) is 113 cm³/mol. The van der Waals surface area contributed by atoms with Gasteiger partial charge in [0.05, 0.1) is 17.9 Å². The molecular formula is C18H39AlN6O6. The first-order valence-corrected chi connectivity index (χ1v) is 10.0. The first kappa shape index (κ1) is 37.0. The maximum Gasteiger partial charge on any atom is 3.00 e. The summed E-state index contributed by atoms with van der Waals surface area (Å²) in [5.74, 6) is -3.55. The van der Waals surface area contributed by atoms with Crippen LogP contribution in [0.1, 0.15) is 57.8 Å². The van der Waals surface area contributed by atoms with Crippen LogP contribution in [-0.4, -0.2) is 73.0 Å². The SMILES string of the molecule is NCCCCC(N)C(=O)[O-].NCCCCC(N)C(=O)[O-].NCCCCC(N)C(=O)[O-].[Al+3]. The van der Waals surface area contributed by atoms with Crippen molar-refractivity contribution in [3.05, 3.63) is 0 Å². The van der Waals surface area contributed by atoms with Gasteiger partial charge in [0.1, 0.15) is 0 Å². The van der Waals surface area contributed by atoms with Crippen molar-refractivity contribution in [3.8, 4) is 0 Å². The average molecular weight is 463 g/mol. The van der Waals surface area contributed by atoms with Crippen LogP contribution in [0.25, 0.3) is 0 Å². The number of carbonyl (C=O) groups is 3. The van der Waals surface area contributed by atoms with E-state index in [1.165, 1.54) is 0 Å². The number of nitrogens with two attached hydrogens (primary N) is 6. The molecule has 0 aliphatic carbocycles. The Labute approximate surface area is 195 Å². The molecule has 31 heavy (non-hydrogen) atoms. The maximum absolute atomic E-state index is 10.0. The van der Waals surface area contributed by atoms with E-state index in [0.717, 1.165) is 38.5 Å². The van der Waals surface area contributed by atoms with Crippen molar-refractivity contribution in [2.24, 2.45) is 34.4 Å². The number of rotatable bonds is 15. The summed E-state index contributed by atoms with van der Waals surface area (Å²) < 4.78 is 0. The molecule has 0 heterocycles.